The Morgan fingerprint density at radius 3 is 2.32 bits per heavy atom. The molecule has 0 fully saturated rings. The first-order valence-corrected chi connectivity index (χ1v) is 5.04. The quantitative estimate of drug-likeness (QED) is 0.885. The maximum atomic E-state index is 12.5. The Morgan fingerprint density at radius 2 is 1.84 bits per heavy atom. The highest BCUT2D eigenvalue weighted by Gasteiger charge is 2.31. The van der Waals surface area contributed by atoms with Crippen LogP contribution < -0.4 is 0 Å². The summed E-state index contributed by atoms with van der Waals surface area (Å²) in [6.45, 7) is 0. The molecule has 0 saturated carbocycles. The largest absolute Gasteiger partial charge is 0.481 e. The highest BCUT2D eigenvalue weighted by atomic mass is 19.4. The van der Waals surface area contributed by atoms with E-state index >= 15 is 0 Å². The van der Waals surface area contributed by atoms with Gasteiger partial charge in [-0.3, -0.25) is 4.79 Å². The number of aliphatic carboxylic acids is 1. The minimum Gasteiger partial charge on any atom is -0.481 e. The van der Waals surface area contributed by atoms with Crippen LogP contribution in [0.1, 0.15) is 27.9 Å². The van der Waals surface area contributed by atoms with Crippen molar-refractivity contribution < 1.29 is 33.0 Å². The highest BCUT2D eigenvalue weighted by Crippen LogP contribution is 2.31. The van der Waals surface area contributed by atoms with Crippen LogP contribution in [0.4, 0.5) is 13.2 Å². The number of rotatable bonds is 4. The Hall–Kier alpha value is -2.31. The number of benzene rings is 1. The number of carbonyl (C=O) groups is 2. The SMILES string of the molecule is O=C(O)CC=Cc1cc(C(F)(F)F)ccc1C(=O)O. The fourth-order valence-corrected chi connectivity index (χ4v) is 1.36. The van der Waals surface area contributed by atoms with Crippen molar-refractivity contribution in [3.8, 4) is 0 Å². The zero-order valence-corrected chi connectivity index (χ0v) is 9.44. The Morgan fingerprint density at radius 1 is 1.21 bits per heavy atom. The molecule has 7 heteroatoms. The van der Waals surface area contributed by atoms with Crippen LogP contribution in [0.25, 0.3) is 6.08 Å². The average molecular weight is 274 g/mol. The predicted molar refractivity (Wildman–Crippen MR) is 59.7 cm³/mol. The van der Waals surface area contributed by atoms with Crippen LogP contribution in [0.5, 0.6) is 0 Å². The van der Waals surface area contributed by atoms with Crippen molar-refractivity contribution in [3.05, 3.63) is 41.0 Å². The zero-order chi connectivity index (χ0) is 14.6. The van der Waals surface area contributed by atoms with Gasteiger partial charge in [0.1, 0.15) is 0 Å². The van der Waals surface area contributed by atoms with Gasteiger partial charge in [-0.25, -0.2) is 4.79 Å². The first-order chi connectivity index (χ1) is 8.71. The molecule has 1 aromatic rings. The van der Waals surface area contributed by atoms with Gasteiger partial charge in [0.25, 0.3) is 0 Å². The molecular formula is C12H9F3O4. The Bertz CT molecular complexity index is 532. The molecule has 0 heterocycles. The summed E-state index contributed by atoms with van der Waals surface area (Å²) in [4.78, 5) is 21.1. The molecule has 0 unspecified atom stereocenters. The summed E-state index contributed by atoms with van der Waals surface area (Å²) in [5.41, 5.74) is -1.51. The lowest BCUT2D eigenvalue weighted by Gasteiger charge is -2.09. The molecule has 0 spiro atoms. The van der Waals surface area contributed by atoms with E-state index in [1.54, 1.807) is 0 Å². The van der Waals surface area contributed by atoms with Gasteiger partial charge in [0.15, 0.2) is 0 Å². The van der Waals surface area contributed by atoms with Gasteiger partial charge >= 0.3 is 18.1 Å². The normalized spacial score (nSPS) is 11.7. The van der Waals surface area contributed by atoms with E-state index in [4.69, 9.17) is 10.2 Å². The number of aromatic carboxylic acids is 1. The van der Waals surface area contributed by atoms with Crippen LogP contribution in [0, 0.1) is 0 Å². The van der Waals surface area contributed by atoms with Gasteiger partial charge in [0.05, 0.1) is 17.5 Å². The standard InChI is InChI=1S/C12H9F3O4/c13-12(14,15)8-4-5-9(11(18)19)7(6-8)2-1-3-10(16)17/h1-2,4-6H,3H2,(H,16,17)(H,18,19). The zero-order valence-electron chi connectivity index (χ0n) is 9.44. The summed E-state index contributed by atoms with van der Waals surface area (Å²) in [5, 5.41) is 17.2. The summed E-state index contributed by atoms with van der Waals surface area (Å²) in [6, 6.07) is 2.17. The molecule has 1 aromatic carbocycles. The van der Waals surface area contributed by atoms with Crippen molar-refractivity contribution >= 4 is 18.0 Å². The van der Waals surface area contributed by atoms with Gasteiger partial charge < -0.3 is 10.2 Å². The number of carboxylic acids is 2. The van der Waals surface area contributed by atoms with Gasteiger partial charge in [-0.2, -0.15) is 13.2 Å². The summed E-state index contributed by atoms with van der Waals surface area (Å²) < 4.78 is 37.5. The third-order valence-corrected chi connectivity index (χ3v) is 2.20. The number of hydrogen-bond donors (Lipinski definition) is 2. The summed E-state index contributed by atoms with van der Waals surface area (Å²) in [7, 11) is 0. The van der Waals surface area contributed by atoms with E-state index in [1.165, 1.54) is 0 Å². The molecule has 2 N–H and O–H groups in total. The van der Waals surface area contributed by atoms with Gasteiger partial charge in [0, 0.05) is 0 Å². The molecule has 0 aromatic heterocycles. The van der Waals surface area contributed by atoms with E-state index in [2.05, 4.69) is 0 Å². The lowest BCUT2D eigenvalue weighted by Crippen LogP contribution is -2.07. The van der Waals surface area contributed by atoms with E-state index in [9.17, 15) is 22.8 Å². The molecule has 4 nitrogen and oxygen atoms in total. The molecule has 0 aliphatic carbocycles. The molecule has 0 aliphatic rings. The lowest BCUT2D eigenvalue weighted by atomic mass is 10.0. The highest BCUT2D eigenvalue weighted by molar-refractivity contribution is 5.92. The van der Waals surface area contributed by atoms with Crippen molar-refractivity contribution in [1.29, 1.82) is 0 Å². The van der Waals surface area contributed by atoms with Crippen molar-refractivity contribution in [2.75, 3.05) is 0 Å². The van der Waals surface area contributed by atoms with Crippen LogP contribution in [0.15, 0.2) is 24.3 Å². The Kier molecular flexibility index (Phi) is 4.31. The molecule has 0 atom stereocenters. The molecule has 0 radical (unpaired) electrons. The maximum Gasteiger partial charge on any atom is 0.416 e. The minimum atomic E-state index is -4.59. The molecule has 0 aliphatic heterocycles. The molecule has 102 valence electrons. The maximum absolute atomic E-state index is 12.5. The van der Waals surface area contributed by atoms with Crippen LogP contribution in [-0.4, -0.2) is 22.2 Å². The first kappa shape index (κ1) is 14.7. The van der Waals surface area contributed by atoms with Crippen molar-refractivity contribution in [1.82, 2.24) is 0 Å². The van der Waals surface area contributed by atoms with E-state index in [0.29, 0.717) is 12.1 Å². The van der Waals surface area contributed by atoms with Crippen LogP contribution in [0.2, 0.25) is 0 Å². The second kappa shape index (κ2) is 5.55. The topological polar surface area (TPSA) is 74.6 Å². The molecular weight excluding hydrogens is 265 g/mol. The van der Waals surface area contributed by atoms with Crippen molar-refractivity contribution in [2.24, 2.45) is 0 Å². The average Bonchev–Trinajstić information content (AvgIpc) is 2.26. The lowest BCUT2D eigenvalue weighted by molar-refractivity contribution is -0.138. The molecule has 0 saturated heterocycles. The van der Waals surface area contributed by atoms with Crippen LogP contribution in [-0.2, 0) is 11.0 Å². The van der Waals surface area contributed by atoms with Crippen LogP contribution >= 0.6 is 0 Å². The molecule has 0 bridgehead atoms. The Balaban J connectivity index is 3.20. The van der Waals surface area contributed by atoms with Gasteiger partial charge in [-0.05, 0) is 23.8 Å². The third-order valence-electron chi connectivity index (χ3n) is 2.20. The molecule has 1 rings (SSSR count). The predicted octanol–water partition coefficient (Wildman–Crippen LogP) is 2.89. The molecule has 0 amide bonds. The van der Waals surface area contributed by atoms with E-state index in [0.717, 1.165) is 18.2 Å². The summed E-state index contributed by atoms with van der Waals surface area (Å²) in [5.74, 6) is -2.55. The fraction of sp³-hybridized carbons (Fsp3) is 0.167. The van der Waals surface area contributed by atoms with E-state index < -0.39 is 30.1 Å². The van der Waals surface area contributed by atoms with Gasteiger partial charge in [0.2, 0.25) is 0 Å². The third kappa shape index (κ3) is 4.13. The van der Waals surface area contributed by atoms with Crippen LogP contribution in [0.3, 0.4) is 0 Å². The second-order valence-corrected chi connectivity index (χ2v) is 3.61. The Labute approximate surface area is 105 Å². The number of hydrogen-bond acceptors (Lipinski definition) is 2. The van der Waals surface area contributed by atoms with E-state index in [1.807, 2.05) is 0 Å². The first-order valence-electron chi connectivity index (χ1n) is 5.04. The van der Waals surface area contributed by atoms with Gasteiger partial charge in [-0.1, -0.05) is 12.2 Å². The van der Waals surface area contributed by atoms with Gasteiger partial charge in [-0.15, -0.1) is 0 Å². The number of halogens is 3. The number of carboxylic acid groups (broad SMARTS) is 2. The van der Waals surface area contributed by atoms with Crippen molar-refractivity contribution in [2.45, 2.75) is 12.6 Å². The summed E-state index contributed by atoms with van der Waals surface area (Å²) >= 11 is 0. The summed E-state index contributed by atoms with van der Waals surface area (Å²) in [6.07, 6.45) is -2.86. The van der Waals surface area contributed by atoms with Crippen molar-refractivity contribution in [3.63, 3.8) is 0 Å². The number of alkyl halides is 3. The van der Waals surface area contributed by atoms with E-state index in [-0.39, 0.29) is 11.1 Å². The monoisotopic (exact) mass is 274 g/mol. The smallest absolute Gasteiger partial charge is 0.416 e. The minimum absolute atomic E-state index is 0.191. The fourth-order valence-electron chi connectivity index (χ4n) is 1.36. The molecule has 19 heavy (non-hydrogen) atoms. The second-order valence-electron chi connectivity index (χ2n) is 3.61.